The van der Waals surface area contributed by atoms with Crippen molar-refractivity contribution >= 4 is 24.2 Å². The van der Waals surface area contributed by atoms with E-state index < -0.39 is 11.6 Å². The molecular weight excluding hydrogens is 335 g/mol. The molecule has 5 rings (SSSR count). The van der Waals surface area contributed by atoms with Gasteiger partial charge in [0.2, 0.25) is 0 Å². The van der Waals surface area contributed by atoms with E-state index in [0.29, 0.717) is 29.1 Å². The maximum atomic E-state index is 14.3. The molecule has 4 saturated carbocycles. The van der Waals surface area contributed by atoms with Gasteiger partial charge in [0.05, 0.1) is 4.91 Å². The molecule has 0 amide bonds. The Morgan fingerprint density at radius 3 is 2.60 bits per heavy atom. The molecule has 0 radical (unpaired) electrons. The average Bonchev–Trinajstić information content (AvgIpc) is 3.32. The van der Waals surface area contributed by atoms with Gasteiger partial charge in [-0.3, -0.25) is 9.59 Å². The smallest absolute Gasteiger partial charge is 0.173 e. The summed E-state index contributed by atoms with van der Waals surface area (Å²) in [5.41, 5.74) is 1.52. The Kier molecular flexibility index (Phi) is 3.05. The molecule has 0 bridgehead atoms. The van der Waals surface area contributed by atoms with E-state index in [1.807, 2.05) is 6.92 Å². The molecule has 0 spiro atoms. The number of halogens is 1. The van der Waals surface area contributed by atoms with E-state index in [1.54, 1.807) is 0 Å². The van der Waals surface area contributed by atoms with Crippen molar-refractivity contribution in [1.82, 2.24) is 0 Å². The lowest BCUT2D eigenvalue weighted by molar-refractivity contribution is -0.134. The minimum atomic E-state index is -1.30. The summed E-state index contributed by atoms with van der Waals surface area (Å²) in [5, 5.41) is 0. The number of hydrogen-bond donors (Lipinski definition) is 1. The van der Waals surface area contributed by atoms with Gasteiger partial charge in [-0.1, -0.05) is 20.4 Å². The minimum Gasteiger partial charge on any atom is -0.296 e. The first kappa shape index (κ1) is 16.3. The van der Waals surface area contributed by atoms with Crippen molar-refractivity contribution in [3.63, 3.8) is 0 Å². The third kappa shape index (κ3) is 1.73. The Balaban J connectivity index is 1.62. The normalized spacial score (nSPS) is 54.0. The summed E-state index contributed by atoms with van der Waals surface area (Å²) in [6.07, 6.45) is 2.53. The van der Waals surface area contributed by atoms with E-state index in [0.717, 1.165) is 36.8 Å². The van der Waals surface area contributed by atoms with Gasteiger partial charge in [0.1, 0.15) is 0 Å². The molecular formula is C21H25FO2S. The molecule has 0 aromatic rings. The van der Waals surface area contributed by atoms with Gasteiger partial charge in [0.15, 0.2) is 17.7 Å². The van der Waals surface area contributed by atoms with Crippen molar-refractivity contribution in [1.29, 1.82) is 0 Å². The number of ketones is 2. The fourth-order valence-corrected chi connectivity index (χ4v) is 7.91. The highest BCUT2D eigenvalue weighted by Crippen LogP contribution is 2.72. The van der Waals surface area contributed by atoms with Gasteiger partial charge in [-0.2, -0.15) is 0 Å². The molecule has 5 aliphatic carbocycles. The fourth-order valence-electron chi connectivity index (χ4n) is 7.35. The first-order valence-electron chi connectivity index (χ1n) is 9.55. The minimum absolute atomic E-state index is 0.0750. The molecule has 0 aliphatic heterocycles. The molecule has 0 saturated heterocycles. The van der Waals surface area contributed by atoms with Crippen molar-refractivity contribution in [2.45, 2.75) is 52.1 Å². The van der Waals surface area contributed by atoms with Crippen LogP contribution in [0.4, 0.5) is 4.39 Å². The molecule has 4 fully saturated rings. The second-order valence-electron chi connectivity index (χ2n) is 9.53. The van der Waals surface area contributed by atoms with Crippen LogP contribution in [0.5, 0.6) is 0 Å². The summed E-state index contributed by atoms with van der Waals surface area (Å²) in [4.78, 5) is 25.6. The number of fused-ring (bicyclic) bond motifs is 7. The van der Waals surface area contributed by atoms with Crippen LogP contribution in [-0.4, -0.2) is 17.7 Å². The van der Waals surface area contributed by atoms with E-state index >= 15 is 0 Å². The zero-order valence-corrected chi connectivity index (χ0v) is 15.7. The van der Waals surface area contributed by atoms with Crippen molar-refractivity contribution < 1.29 is 14.0 Å². The molecule has 0 N–H and O–H groups in total. The van der Waals surface area contributed by atoms with Gasteiger partial charge >= 0.3 is 0 Å². The summed E-state index contributed by atoms with van der Waals surface area (Å²) >= 11 is 4.61. The van der Waals surface area contributed by atoms with E-state index in [1.165, 1.54) is 0 Å². The molecule has 1 unspecified atom stereocenters. The number of allylic oxidation sites excluding steroid dienone is 2. The average molecular weight is 360 g/mol. The standard InChI is InChI=1S/C21H25FO2S/c1-9-6-10-12(4-5-20(2)13(10)8-15(22)19(20)24)21(3)14-7-11(14)17(23)18(25)16(9)21/h10-15,25H,1,4-8H2,2-3H3/t10-,11+,12+,13+,14?,15-,20+,21+/m1/s1. The molecule has 4 heteroatoms. The third-order valence-electron chi connectivity index (χ3n) is 8.65. The van der Waals surface area contributed by atoms with Gasteiger partial charge in [0.25, 0.3) is 0 Å². The Morgan fingerprint density at radius 1 is 1.16 bits per heavy atom. The van der Waals surface area contributed by atoms with Crippen molar-refractivity contribution in [3.05, 3.63) is 22.6 Å². The van der Waals surface area contributed by atoms with Crippen LogP contribution < -0.4 is 0 Å². The van der Waals surface area contributed by atoms with Crippen LogP contribution in [0.1, 0.15) is 46.0 Å². The molecule has 0 heterocycles. The largest absolute Gasteiger partial charge is 0.296 e. The Hall–Kier alpha value is -0.900. The van der Waals surface area contributed by atoms with Crippen molar-refractivity contribution in [2.24, 2.45) is 40.4 Å². The van der Waals surface area contributed by atoms with Crippen molar-refractivity contribution in [2.75, 3.05) is 0 Å². The van der Waals surface area contributed by atoms with Gasteiger partial charge in [-0.25, -0.2) is 4.39 Å². The predicted octanol–water partition coefficient (Wildman–Crippen LogP) is 4.31. The lowest BCUT2D eigenvalue weighted by Gasteiger charge is -2.57. The Bertz CT molecular complexity index is 770. The number of carbonyl (C=O) groups excluding carboxylic acids is 2. The number of carbonyl (C=O) groups is 2. The van der Waals surface area contributed by atoms with E-state index in [-0.39, 0.29) is 28.8 Å². The number of Topliss-reactive ketones (excluding diaryl/α,β-unsaturated/α-hetero) is 2. The maximum absolute atomic E-state index is 14.3. The topological polar surface area (TPSA) is 34.1 Å². The van der Waals surface area contributed by atoms with Gasteiger partial charge in [-0.05, 0) is 66.9 Å². The molecule has 134 valence electrons. The molecule has 5 aliphatic rings. The summed E-state index contributed by atoms with van der Waals surface area (Å²) in [6, 6.07) is 0. The van der Waals surface area contributed by atoms with Crippen LogP contribution >= 0.6 is 12.6 Å². The SMILES string of the molecule is C=C1C[C@H]2[C@@H]3C[C@@H](F)C(=O)[C@@]3(C)CC[C@@H]2[C@]2(C)C1=C(S)C(=O)[C@H]1CC12. The lowest BCUT2D eigenvalue weighted by Crippen LogP contribution is -2.52. The fraction of sp³-hybridized carbons (Fsp3) is 0.714. The predicted molar refractivity (Wildman–Crippen MR) is 96.8 cm³/mol. The van der Waals surface area contributed by atoms with Crippen LogP contribution in [-0.2, 0) is 9.59 Å². The number of hydrogen-bond acceptors (Lipinski definition) is 3. The highest BCUT2D eigenvalue weighted by atomic mass is 32.1. The van der Waals surface area contributed by atoms with Gasteiger partial charge in [0, 0.05) is 16.7 Å². The van der Waals surface area contributed by atoms with Crippen LogP contribution in [0, 0.1) is 40.4 Å². The Labute approximate surface area is 153 Å². The second-order valence-corrected chi connectivity index (χ2v) is 9.97. The molecule has 0 aromatic heterocycles. The summed E-state index contributed by atoms with van der Waals surface area (Å²) in [6.45, 7) is 8.59. The zero-order chi connectivity index (χ0) is 17.9. The van der Waals surface area contributed by atoms with Crippen LogP contribution in [0.2, 0.25) is 0 Å². The van der Waals surface area contributed by atoms with Crippen molar-refractivity contribution in [3.8, 4) is 0 Å². The molecule has 2 nitrogen and oxygen atoms in total. The lowest BCUT2D eigenvalue weighted by atomic mass is 9.46. The molecule has 8 atom stereocenters. The third-order valence-corrected chi connectivity index (χ3v) is 9.09. The number of alkyl halides is 1. The van der Waals surface area contributed by atoms with Gasteiger partial charge in [-0.15, -0.1) is 12.6 Å². The monoisotopic (exact) mass is 360 g/mol. The first-order chi connectivity index (χ1) is 11.7. The summed E-state index contributed by atoms with van der Waals surface area (Å²) in [7, 11) is 0. The quantitative estimate of drug-likeness (QED) is 0.653. The summed E-state index contributed by atoms with van der Waals surface area (Å²) < 4.78 is 14.3. The molecule has 0 aromatic carbocycles. The zero-order valence-electron chi connectivity index (χ0n) is 14.8. The van der Waals surface area contributed by atoms with E-state index in [4.69, 9.17) is 0 Å². The second kappa shape index (κ2) is 4.68. The number of thiol groups is 1. The van der Waals surface area contributed by atoms with Gasteiger partial charge < -0.3 is 0 Å². The van der Waals surface area contributed by atoms with Crippen LogP contribution in [0.15, 0.2) is 22.6 Å². The van der Waals surface area contributed by atoms with E-state index in [2.05, 4.69) is 26.1 Å². The summed E-state index contributed by atoms with van der Waals surface area (Å²) in [5.74, 6) is 1.36. The highest BCUT2D eigenvalue weighted by Gasteiger charge is 2.68. The Morgan fingerprint density at radius 2 is 1.88 bits per heavy atom. The molecule has 25 heavy (non-hydrogen) atoms. The van der Waals surface area contributed by atoms with E-state index in [9.17, 15) is 14.0 Å². The number of rotatable bonds is 0. The van der Waals surface area contributed by atoms with Crippen LogP contribution in [0.25, 0.3) is 0 Å². The van der Waals surface area contributed by atoms with Crippen LogP contribution in [0.3, 0.4) is 0 Å². The highest BCUT2D eigenvalue weighted by molar-refractivity contribution is 7.85. The first-order valence-corrected chi connectivity index (χ1v) is 10.0. The maximum Gasteiger partial charge on any atom is 0.173 e.